The fraction of sp³-hybridized carbons (Fsp3) is 0.889. The van der Waals surface area contributed by atoms with E-state index in [0.717, 1.165) is 6.42 Å². The van der Waals surface area contributed by atoms with Gasteiger partial charge in [0.1, 0.15) is 5.54 Å². The Balaban J connectivity index is 4.33. The standard InChI is InChI=1S/C9H19NO3/c1-4-7(6-11)10-9(3,5-2)8(12)13/h7,10-11H,4-6H2,1-3H3,(H,12,13). The Morgan fingerprint density at radius 1 is 1.54 bits per heavy atom. The second kappa shape index (κ2) is 5.19. The molecule has 0 rings (SSSR count). The van der Waals surface area contributed by atoms with Crippen molar-refractivity contribution in [3.63, 3.8) is 0 Å². The zero-order chi connectivity index (χ0) is 10.5. The number of rotatable bonds is 6. The highest BCUT2D eigenvalue weighted by molar-refractivity contribution is 5.78. The van der Waals surface area contributed by atoms with Crippen molar-refractivity contribution >= 4 is 5.97 Å². The van der Waals surface area contributed by atoms with Crippen LogP contribution in [0.2, 0.25) is 0 Å². The fourth-order valence-electron chi connectivity index (χ4n) is 1.04. The third-order valence-corrected chi connectivity index (χ3v) is 2.42. The Kier molecular flexibility index (Phi) is 4.95. The van der Waals surface area contributed by atoms with E-state index in [9.17, 15) is 4.79 Å². The monoisotopic (exact) mass is 189 g/mol. The fourth-order valence-corrected chi connectivity index (χ4v) is 1.04. The molecule has 0 saturated carbocycles. The maximum atomic E-state index is 10.9. The summed E-state index contributed by atoms with van der Waals surface area (Å²) in [6, 6.07) is -0.138. The quantitative estimate of drug-likeness (QED) is 0.572. The largest absolute Gasteiger partial charge is 0.480 e. The molecule has 4 nitrogen and oxygen atoms in total. The highest BCUT2D eigenvalue weighted by Crippen LogP contribution is 2.11. The summed E-state index contributed by atoms with van der Waals surface area (Å²) in [5.74, 6) is -0.873. The van der Waals surface area contributed by atoms with Gasteiger partial charge in [0.15, 0.2) is 0 Å². The molecule has 0 aliphatic heterocycles. The summed E-state index contributed by atoms with van der Waals surface area (Å²) >= 11 is 0. The lowest BCUT2D eigenvalue weighted by molar-refractivity contribution is -0.144. The van der Waals surface area contributed by atoms with Crippen molar-refractivity contribution in [1.82, 2.24) is 5.32 Å². The van der Waals surface area contributed by atoms with Gasteiger partial charge >= 0.3 is 5.97 Å². The van der Waals surface area contributed by atoms with Crippen molar-refractivity contribution in [1.29, 1.82) is 0 Å². The van der Waals surface area contributed by atoms with Gasteiger partial charge in [0, 0.05) is 6.04 Å². The van der Waals surface area contributed by atoms with Gasteiger partial charge in [-0.05, 0) is 19.8 Å². The lowest BCUT2D eigenvalue weighted by Gasteiger charge is -2.29. The molecule has 0 amide bonds. The van der Waals surface area contributed by atoms with Gasteiger partial charge in [-0.2, -0.15) is 0 Å². The van der Waals surface area contributed by atoms with Gasteiger partial charge in [-0.3, -0.25) is 10.1 Å². The van der Waals surface area contributed by atoms with Crippen LogP contribution >= 0.6 is 0 Å². The molecule has 2 atom stereocenters. The molecule has 4 heteroatoms. The predicted molar refractivity (Wildman–Crippen MR) is 50.6 cm³/mol. The molecular weight excluding hydrogens is 170 g/mol. The number of aliphatic hydroxyl groups excluding tert-OH is 1. The van der Waals surface area contributed by atoms with Crippen LogP contribution < -0.4 is 5.32 Å². The third kappa shape index (κ3) is 3.32. The van der Waals surface area contributed by atoms with E-state index in [0.29, 0.717) is 6.42 Å². The highest BCUT2D eigenvalue weighted by Gasteiger charge is 2.32. The van der Waals surface area contributed by atoms with Crippen LogP contribution in [0.1, 0.15) is 33.6 Å². The molecule has 3 N–H and O–H groups in total. The molecule has 13 heavy (non-hydrogen) atoms. The summed E-state index contributed by atoms with van der Waals surface area (Å²) < 4.78 is 0. The van der Waals surface area contributed by atoms with Crippen LogP contribution in [0.3, 0.4) is 0 Å². The Bertz CT molecular complexity index is 168. The maximum Gasteiger partial charge on any atom is 0.323 e. The summed E-state index contributed by atoms with van der Waals surface area (Å²) in [5, 5.41) is 20.8. The average Bonchev–Trinajstić information content (AvgIpc) is 2.13. The van der Waals surface area contributed by atoms with Gasteiger partial charge in [-0.15, -0.1) is 0 Å². The third-order valence-electron chi connectivity index (χ3n) is 2.42. The lowest BCUT2D eigenvalue weighted by Crippen LogP contribution is -2.54. The average molecular weight is 189 g/mol. The molecule has 0 aliphatic rings. The molecular formula is C9H19NO3. The summed E-state index contributed by atoms with van der Waals surface area (Å²) in [7, 11) is 0. The Morgan fingerprint density at radius 2 is 2.08 bits per heavy atom. The molecule has 2 unspecified atom stereocenters. The first-order valence-corrected chi connectivity index (χ1v) is 4.62. The van der Waals surface area contributed by atoms with Crippen LogP contribution in [0.15, 0.2) is 0 Å². The number of aliphatic hydroxyl groups is 1. The van der Waals surface area contributed by atoms with Crippen molar-refractivity contribution in [2.45, 2.75) is 45.2 Å². The van der Waals surface area contributed by atoms with Gasteiger partial charge < -0.3 is 10.2 Å². The van der Waals surface area contributed by atoms with Crippen LogP contribution in [0, 0.1) is 0 Å². The van der Waals surface area contributed by atoms with Gasteiger partial charge in [-0.25, -0.2) is 0 Å². The normalized spacial score (nSPS) is 17.8. The van der Waals surface area contributed by atoms with E-state index in [1.54, 1.807) is 6.92 Å². The number of carboxylic acids is 1. The SMILES string of the molecule is CCC(CO)NC(C)(CC)C(=O)O. The van der Waals surface area contributed by atoms with Crippen molar-refractivity contribution < 1.29 is 15.0 Å². The molecule has 0 spiro atoms. The van der Waals surface area contributed by atoms with E-state index in [-0.39, 0.29) is 12.6 Å². The van der Waals surface area contributed by atoms with Crippen molar-refractivity contribution in [2.75, 3.05) is 6.61 Å². The number of carbonyl (C=O) groups is 1. The van der Waals surface area contributed by atoms with E-state index in [4.69, 9.17) is 10.2 Å². The van der Waals surface area contributed by atoms with Crippen LogP contribution in [-0.2, 0) is 4.79 Å². The van der Waals surface area contributed by atoms with Crippen LogP contribution in [0.5, 0.6) is 0 Å². The Labute approximate surface area is 79.0 Å². The van der Waals surface area contributed by atoms with Crippen molar-refractivity contribution in [2.24, 2.45) is 0 Å². The van der Waals surface area contributed by atoms with Gasteiger partial charge in [-0.1, -0.05) is 13.8 Å². The second-order valence-corrected chi connectivity index (χ2v) is 3.42. The van der Waals surface area contributed by atoms with Crippen LogP contribution in [0.4, 0.5) is 0 Å². The maximum absolute atomic E-state index is 10.9. The summed E-state index contributed by atoms with van der Waals surface area (Å²) in [6.45, 7) is 5.32. The Morgan fingerprint density at radius 3 is 2.31 bits per heavy atom. The lowest BCUT2D eigenvalue weighted by atomic mass is 9.97. The topological polar surface area (TPSA) is 69.6 Å². The molecule has 78 valence electrons. The van der Waals surface area contributed by atoms with Crippen molar-refractivity contribution in [3.8, 4) is 0 Å². The molecule has 0 aromatic rings. The van der Waals surface area contributed by atoms with Crippen LogP contribution in [-0.4, -0.2) is 34.4 Å². The minimum Gasteiger partial charge on any atom is -0.480 e. The van der Waals surface area contributed by atoms with E-state index >= 15 is 0 Å². The highest BCUT2D eigenvalue weighted by atomic mass is 16.4. The summed E-state index contributed by atoms with van der Waals surface area (Å²) in [4.78, 5) is 10.9. The number of carboxylic acid groups (broad SMARTS) is 1. The number of nitrogens with one attached hydrogen (secondary N) is 1. The Hall–Kier alpha value is -0.610. The molecule has 0 fully saturated rings. The molecule has 0 aromatic heterocycles. The van der Waals surface area contributed by atoms with Gasteiger partial charge in [0.2, 0.25) is 0 Å². The minimum absolute atomic E-state index is 0.0284. The number of aliphatic carboxylic acids is 1. The molecule has 0 aromatic carbocycles. The molecule has 0 radical (unpaired) electrons. The zero-order valence-corrected chi connectivity index (χ0v) is 8.50. The first-order chi connectivity index (χ1) is 6.00. The summed E-state index contributed by atoms with van der Waals surface area (Å²) in [5.41, 5.74) is -0.927. The summed E-state index contributed by atoms with van der Waals surface area (Å²) in [6.07, 6.45) is 1.22. The molecule has 0 aliphatic carbocycles. The van der Waals surface area contributed by atoms with E-state index in [1.165, 1.54) is 0 Å². The first-order valence-electron chi connectivity index (χ1n) is 4.62. The van der Waals surface area contributed by atoms with Gasteiger partial charge in [0.25, 0.3) is 0 Å². The minimum atomic E-state index is -0.927. The molecule has 0 bridgehead atoms. The molecule has 0 saturated heterocycles. The van der Waals surface area contributed by atoms with E-state index < -0.39 is 11.5 Å². The smallest absolute Gasteiger partial charge is 0.323 e. The second-order valence-electron chi connectivity index (χ2n) is 3.42. The van der Waals surface area contributed by atoms with Crippen LogP contribution in [0.25, 0.3) is 0 Å². The van der Waals surface area contributed by atoms with E-state index in [2.05, 4.69) is 5.32 Å². The predicted octanol–water partition coefficient (Wildman–Crippen LogP) is 0.600. The van der Waals surface area contributed by atoms with E-state index in [1.807, 2.05) is 13.8 Å². The van der Waals surface area contributed by atoms with Gasteiger partial charge in [0.05, 0.1) is 6.61 Å². The number of hydrogen-bond acceptors (Lipinski definition) is 3. The zero-order valence-electron chi connectivity index (χ0n) is 8.50. The first kappa shape index (κ1) is 12.4. The number of hydrogen-bond donors (Lipinski definition) is 3. The molecule has 0 heterocycles. The van der Waals surface area contributed by atoms with Crippen molar-refractivity contribution in [3.05, 3.63) is 0 Å².